The average Bonchev–Trinajstić information content (AvgIpc) is 2.54. The van der Waals surface area contributed by atoms with Gasteiger partial charge in [0.1, 0.15) is 0 Å². The lowest BCUT2D eigenvalue weighted by atomic mass is 9.79. The Morgan fingerprint density at radius 1 is 1.09 bits per heavy atom. The quantitative estimate of drug-likeness (QED) is 0.498. The lowest BCUT2D eigenvalue weighted by molar-refractivity contribution is 0.289. The molecule has 1 fully saturated rings. The molecule has 0 radical (unpaired) electrons. The van der Waals surface area contributed by atoms with Crippen LogP contribution in [0.5, 0.6) is 0 Å². The molecule has 1 aliphatic rings. The molecular formula is C19H23F2N. The van der Waals surface area contributed by atoms with E-state index in [9.17, 15) is 8.78 Å². The van der Waals surface area contributed by atoms with Crippen LogP contribution in [0.15, 0.2) is 30.4 Å². The van der Waals surface area contributed by atoms with Gasteiger partial charge in [-0.05, 0) is 68.1 Å². The Morgan fingerprint density at radius 3 is 2.55 bits per heavy atom. The van der Waals surface area contributed by atoms with Gasteiger partial charge in [-0.3, -0.25) is 0 Å². The molecule has 0 aliphatic heterocycles. The molecule has 0 amide bonds. The summed E-state index contributed by atoms with van der Waals surface area (Å²) in [5.74, 6) is -0.151. The number of rotatable bonds is 6. The summed E-state index contributed by atoms with van der Waals surface area (Å²) in [4.78, 5) is 0. The van der Waals surface area contributed by atoms with Crippen molar-refractivity contribution in [2.75, 3.05) is 0 Å². The number of hydrogen-bond donors (Lipinski definition) is 0. The van der Waals surface area contributed by atoms with E-state index in [2.05, 4.69) is 6.07 Å². The second-order valence-electron chi connectivity index (χ2n) is 6.26. The van der Waals surface area contributed by atoms with Gasteiger partial charge in [-0.15, -0.1) is 0 Å². The summed E-state index contributed by atoms with van der Waals surface area (Å²) in [6, 6.07) is 6.25. The monoisotopic (exact) mass is 303 g/mol. The number of hydrogen-bond acceptors (Lipinski definition) is 1. The number of nitrogens with zero attached hydrogens (tertiary/aromatic N) is 1. The van der Waals surface area contributed by atoms with E-state index in [0.717, 1.165) is 30.7 Å². The van der Waals surface area contributed by atoms with Gasteiger partial charge >= 0.3 is 0 Å². The fraction of sp³-hybridized carbons (Fsp3) is 0.526. The highest BCUT2D eigenvalue weighted by Crippen LogP contribution is 2.32. The Balaban J connectivity index is 1.62. The van der Waals surface area contributed by atoms with Crippen LogP contribution in [0.2, 0.25) is 0 Å². The Morgan fingerprint density at radius 2 is 1.86 bits per heavy atom. The third-order valence-electron chi connectivity index (χ3n) is 4.65. The van der Waals surface area contributed by atoms with Crippen molar-refractivity contribution in [3.05, 3.63) is 47.5 Å². The fourth-order valence-corrected chi connectivity index (χ4v) is 3.31. The van der Waals surface area contributed by atoms with Crippen LogP contribution in [-0.4, -0.2) is 0 Å². The Bertz CT molecular complexity index is 537. The zero-order chi connectivity index (χ0) is 15.8. The number of unbranched alkanes of at least 4 members (excludes halogenated alkanes) is 1. The third-order valence-corrected chi connectivity index (χ3v) is 4.65. The van der Waals surface area contributed by atoms with E-state index >= 15 is 0 Å². The molecular weight excluding hydrogens is 280 g/mol. The summed E-state index contributed by atoms with van der Waals surface area (Å²) in [6.07, 6.45) is 12.7. The predicted octanol–water partition coefficient (Wildman–Crippen LogP) is 5.56. The minimum atomic E-state index is -0.772. The van der Waals surface area contributed by atoms with Crippen LogP contribution in [0.25, 0.3) is 0 Å². The smallest absolute Gasteiger partial charge is 0.159 e. The molecule has 1 aromatic carbocycles. The van der Waals surface area contributed by atoms with Gasteiger partial charge in [0, 0.05) is 6.08 Å². The molecule has 2 rings (SSSR count). The number of aryl methyl sites for hydroxylation is 1. The van der Waals surface area contributed by atoms with Gasteiger partial charge in [0.15, 0.2) is 11.6 Å². The Hall–Kier alpha value is -1.69. The molecule has 1 aliphatic carbocycles. The number of benzene rings is 1. The largest absolute Gasteiger partial charge is 0.204 e. The topological polar surface area (TPSA) is 23.8 Å². The third kappa shape index (κ3) is 5.26. The first-order valence-corrected chi connectivity index (χ1v) is 8.19. The van der Waals surface area contributed by atoms with Crippen molar-refractivity contribution in [2.45, 2.75) is 51.4 Å². The van der Waals surface area contributed by atoms with Gasteiger partial charge in [-0.25, -0.2) is 8.78 Å². The average molecular weight is 303 g/mol. The van der Waals surface area contributed by atoms with Crippen molar-refractivity contribution in [1.29, 1.82) is 5.26 Å². The van der Waals surface area contributed by atoms with Gasteiger partial charge in [0.2, 0.25) is 0 Å². The van der Waals surface area contributed by atoms with Crippen LogP contribution in [-0.2, 0) is 6.42 Å². The van der Waals surface area contributed by atoms with Gasteiger partial charge < -0.3 is 0 Å². The van der Waals surface area contributed by atoms with Crippen molar-refractivity contribution in [2.24, 2.45) is 11.8 Å². The molecule has 0 unspecified atom stereocenters. The van der Waals surface area contributed by atoms with Crippen LogP contribution in [0.3, 0.4) is 0 Å². The molecule has 0 saturated heterocycles. The normalized spacial score (nSPS) is 21.9. The van der Waals surface area contributed by atoms with Crippen LogP contribution < -0.4 is 0 Å². The molecule has 1 nitrogen and oxygen atoms in total. The summed E-state index contributed by atoms with van der Waals surface area (Å²) >= 11 is 0. The second-order valence-corrected chi connectivity index (χ2v) is 6.26. The summed E-state index contributed by atoms with van der Waals surface area (Å²) in [5.41, 5.74) is 0.879. The van der Waals surface area contributed by atoms with Crippen molar-refractivity contribution >= 4 is 0 Å². The summed E-state index contributed by atoms with van der Waals surface area (Å²) in [5, 5.41) is 8.54. The Labute approximate surface area is 131 Å². The Kier molecular flexibility index (Phi) is 6.58. The maximum absolute atomic E-state index is 13.1. The van der Waals surface area contributed by atoms with Crippen molar-refractivity contribution in [3.8, 4) is 6.07 Å². The first-order chi connectivity index (χ1) is 10.7. The fourth-order valence-electron chi connectivity index (χ4n) is 3.31. The van der Waals surface area contributed by atoms with Crippen molar-refractivity contribution in [1.82, 2.24) is 0 Å². The molecule has 1 aromatic rings. The molecule has 0 N–H and O–H groups in total. The van der Waals surface area contributed by atoms with E-state index < -0.39 is 11.6 Å². The van der Waals surface area contributed by atoms with E-state index in [1.165, 1.54) is 44.2 Å². The van der Waals surface area contributed by atoms with E-state index in [0.29, 0.717) is 5.92 Å². The molecule has 1 saturated carbocycles. The molecule has 0 spiro atoms. The molecule has 0 aromatic heterocycles. The van der Waals surface area contributed by atoms with Crippen LogP contribution in [0.1, 0.15) is 50.5 Å². The van der Waals surface area contributed by atoms with Crippen LogP contribution >= 0.6 is 0 Å². The summed E-state index contributed by atoms with van der Waals surface area (Å²) in [6.45, 7) is 0. The highest BCUT2D eigenvalue weighted by atomic mass is 19.2. The maximum atomic E-state index is 13.1. The van der Waals surface area contributed by atoms with Gasteiger partial charge in [-0.1, -0.05) is 25.0 Å². The maximum Gasteiger partial charge on any atom is 0.159 e. The van der Waals surface area contributed by atoms with Gasteiger partial charge in [-0.2, -0.15) is 5.26 Å². The summed E-state index contributed by atoms with van der Waals surface area (Å²) < 4.78 is 25.9. The minimum Gasteiger partial charge on any atom is -0.204 e. The van der Waals surface area contributed by atoms with E-state index in [4.69, 9.17) is 5.26 Å². The standard InChI is InChI=1S/C19H23F2N/c20-18-12-11-17(14-19(18)21)5-2-1-4-15-7-9-16(10-8-15)6-3-13-22/h3,6,11-12,14-16H,1-2,4-5,7-10H2/t15-,16-. The molecule has 0 heterocycles. The second kappa shape index (κ2) is 8.68. The zero-order valence-electron chi connectivity index (χ0n) is 12.9. The molecule has 0 atom stereocenters. The first-order valence-electron chi connectivity index (χ1n) is 8.19. The minimum absolute atomic E-state index is 0.582. The SMILES string of the molecule is N#CC=C[C@H]1CC[C@H](CCCCc2ccc(F)c(F)c2)CC1. The van der Waals surface area contributed by atoms with Crippen LogP contribution in [0, 0.1) is 34.8 Å². The van der Waals surface area contributed by atoms with Crippen molar-refractivity contribution in [3.63, 3.8) is 0 Å². The van der Waals surface area contributed by atoms with E-state index in [-0.39, 0.29) is 0 Å². The van der Waals surface area contributed by atoms with Gasteiger partial charge in [0.05, 0.1) is 6.07 Å². The lowest BCUT2D eigenvalue weighted by Gasteiger charge is -2.26. The molecule has 118 valence electrons. The first kappa shape index (κ1) is 16.7. The predicted molar refractivity (Wildman–Crippen MR) is 84.1 cm³/mol. The number of allylic oxidation sites excluding steroid dienone is 2. The number of halogens is 2. The van der Waals surface area contributed by atoms with Gasteiger partial charge in [0.25, 0.3) is 0 Å². The van der Waals surface area contributed by atoms with Crippen molar-refractivity contribution < 1.29 is 8.78 Å². The lowest BCUT2D eigenvalue weighted by Crippen LogP contribution is -2.13. The van der Waals surface area contributed by atoms with E-state index in [1.54, 1.807) is 12.1 Å². The summed E-state index contributed by atoms with van der Waals surface area (Å²) in [7, 11) is 0. The zero-order valence-corrected chi connectivity index (χ0v) is 12.9. The molecule has 3 heteroatoms. The molecule has 0 bridgehead atoms. The highest BCUT2D eigenvalue weighted by molar-refractivity contribution is 5.17. The van der Waals surface area contributed by atoms with E-state index in [1.807, 2.05) is 6.08 Å². The van der Waals surface area contributed by atoms with Crippen LogP contribution in [0.4, 0.5) is 8.78 Å². The number of nitriles is 1. The molecule has 22 heavy (non-hydrogen) atoms. The highest BCUT2D eigenvalue weighted by Gasteiger charge is 2.18.